The van der Waals surface area contributed by atoms with Gasteiger partial charge in [-0.05, 0) is 70.8 Å². The molecule has 0 amide bonds. The number of oxazole rings is 1. The lowest BCUT2D eigenvalue weighted by atomic mass is 10.0. The van der Waals surface area contributed by atoms with Gasteiger partial charge in [-0.25, -0.2) is 4.98 Å². The van der Waals surface area contributed by atoms with Crippen molar-refractivity contribution in [3.63, 3.8) is 0 Å². The Balaban J connectivity index is 1.19. The largest absolute Gasteiger partial charge is 0.494 e. The number of ether oxygens (including phenoxy) is 1. The molecule has 32 heavy (non-hydrogen) atoms. The number of likely N-dealkylation sites (tertiary alicyclic amines) is 1. The molecule has 1 atom stereocenters. The topological polar surface area (TPSA) is 45.0 Å². The number of hydrogen-bond donors (Lipinski definition) is 0. The van der Waals surface area contributed by atoms with Gasteiger partial charge in [0.25, 0.3) is 0 Å². The number of piperidine rings is 1. The number of aromatic nitrogens is 1. The van der Waals surface area contributed by atoms with Crippen LogP contribution < -0.4 is 4.74 Å². The summed E-state index contributed by atoms with van der Waals surface area (Å²) in [5, 5.41) is 0. The third kappa shape index (κ3) is 6.33. The molecule has 2 aromatic rings. The van der Waals surface area contributed by atoms with E-state index in [9.17, 15) is 0 Å². The van der Waals surface area contributed by atoms with Gasteiger partial charge in [0.1, 0.15) is 12.0 Å². The van der Waals surface area contributed by atoms with E-state index in [-0.39, 0.29) is 0 Å². The van der Waals surface area contributed by atoms with Gasteiger partial charge in [-0.2, -0.15) is 0 Å². The Morgan fingerprint density at radius 3 is 2.56 bits per heavy atom. The van der Waals surface area contributed by atoms with Crippen molar-refractivity contribution in [3.05, 3.63) is 36.2 Å². The molecule has 176 valence electrons. The molecule has 1 aromatic carbocycles. The molecule has 6 nitrogen and oxygen atoms in total. The summed E-state index contributed by atoms with van der Waals surface area (Å²) in [5.74, 6) is 1.60. The minimum Gasteiger partial charge on any atom is -0.494 e. The lowest BCUT2D eigenvalue weighted by molar-refractivity contribution is 0.104. The highest BCUT2D eigenvalue weighted by atomic mass is 16.5. The summed E-state index contributed by atoms with van der Waals surface area (Å²) in [6, 6.07) is 9.41. The summed E-state index contributed by atoms with van der Waals surface area (Å²) in [6.45, 7) is 15.5. The van der Waals surface area contributed by atoms with Crippen LogP contribution >= 0.6 is 0 Å². The van der Waals surface area contributed by atoms with Gasteiger partial charge >= 0.3 is 0 Å². The summed E-state index contributed by atoms with van der Waals surface area (Å²) in [6.07, 6.45) is 6.77. The van der Waals surface area contributed by atoms with Gasteiger partial charge in [-0.3, -0.25) is 9.80 Å². The van der Waals surface area contributed by atoms with Gasteiger partial charge in [0.15, 0.2) is 0 Å². The van der Waals surface area contributed by atoms with Gasteiger partial charge in [0.05, 0.1) is 12.3 Å². The van der Waals surface area contributed by atoms with Crippen LogP contribution in [0.3, 0.4) is 0 Å². The fraction of sp³-hybridized carbons (Fsp3) is 0.654. The van der Waals surface area contributed by atoms with E-state index in [1.54, 1.807) is 0 Å². The minimum atomic E-state index is 0.630. The minimum absolute atomic E-state index is 0.630. The van der Waals surface area contributed by atoms with Crippen molar-refractivity contribution < 1.29 is 9.15 Å². The molecule has 3 heterocycles. The first-order chi connectivity index (χ1) is 15.6. The van der Waals surface area contributed by atoms with Crippen LogP contribution in [-0.2, 0) is 6.54 Å². The van der Waals surface area contributed by atoms with Crippen LogP contribution in [0.2, 0.25) is 0 Å². The van der Waals surface area contributed by atoms with Crippen LogP contribution in [0.4, 0.5) is 0 Å². The highest BCUT2D eigenvalue weighted by Crippen LogP contribution is 2.24. The highest BCUT2D eigenvalue weighted by Gasteiger charge is 2.20. The van der Waals surface area contributed by atoms with Gasteiger partial charge in [-0.1, -0.05) is 6.42 Å². The Kier molecular flexibility index (Phi) is 8.22. The second-order valence-corrected chi connectivity index (χ2v) is 9.66. The molecule has 0 bridgehead atoms. The zero-order chi connectivity index (χ0) is 22.3. The van der Waals surface area contributed by atoms with E-state index in [0.29, 0.717) is 18.0 Å². The maximum atomic E-state index is 5.97. The molecule has 2 saturated heterocycles. The van der Waals surface area contributed by atoms with Crippen LogP contribution in [-0.4, -0.2) is 77.6 Å². The normalized spacial score (nSPS) is 21.3. The standard InChI is InChI=1S/C26H40N4O2/c1-21(2)29-16-14-28(15-17-29)12-6-18-31-25-10-8-23(9-11-25)26-27-24(20-32-26)19-30-13-5-4-7-22(30)3/h8-11,20-22H,4-7,12-19H2,1-3H3. The zero-order valence-electron chi connectivity index (χ0n) is 20.1. The van der Waals surface area contributed by atoms with Crippen LogP contribution in [0.5, 0.6) is 5.75 Å². The number of piperazine rings is 1. The molecule has 2 fully saturated rings. The van der Waals surface area contributed by atoms with Crippen LogP contribution in [0.15, 0.2) is 34.9 Å². The average molecular weight is 441 g/mol. The first kappa shape index (κ1) is 23.3. The molecule has 0 radical (unpaired) electrons. The first-order valence-electron chi connectivity index (χ1n) is 12.5. The Bertz CT molecular complexity index is 811. The van der Waals surface area contributed by atoms with Crippen molar-refractivity contribution >= 4 is 0 Å². The zero-order valence-corrected chi connectivity index (χ0v) is 20.1. The Morgan fingerprint density at radius 1 is 1.06 bits per heavy atom. The fourth-order valence-electron chi connectivity index (χ4n) is 4.79. The molecule has 0 aliphatic carbocycles. The van der Waals surface area contributed by atoms with E-state index < -0.39 is 0 Å². The van der Waals surface area contributed by atoms with Gasteiger partial charge in [0.2, 0.25) is 5.89 Å². The fourth-order valence-corrected chi connectivity index (χ4v) is 4.79. The van der Waals surface area contributed by atoms with Crippen LogP contribution in [0.1, 0.15) is 52.1 Å². The monoisotopic (exact) mass is 440 g/mol. The highest BCUT2D eigenvalue weighted by molar-refractivity contribution is 5.54. The van der Waals surface area contributed by atoms with Crippen molar-refractivity contribution in [2.75, 3.05) is 45.9 Å². The Morgan fingerprint density at radius 2 is 1.84 bits per heavy atom. The number of hydrogen-bond acceptors (Lipinski definition) is 6. The van der Waals surface area contributed by atoms with Gasteiger partial charge in [0, 0.05) is 56.9 Å². The van der Waals surface area contributed by atoms with Gasteiger partial charge < -0.3 is 14.1 Å². The maximum absolute atomic E-state index is 5.97. The predicted molar refractivity (Wildman–Crippen MR) is 129 cm³/mol. The molecule has 1 aromatic heterocycles. The molecular formula is C26H40N4O2. The van der Waals surface area contributed by atoms with Crippen LogP contribution in [0.25, 0.3) is 11.5 Å². The van der Waals surface area contributed by atoms with Crippen molar-refractivity contribution in [2.24, 2.45) is 0 Å². The molecule has 0 saturated carbocycles. The summed E-state index contributed by atoms with van der Waals surface area (Å²) >= 11 is 0. The lowest BCUT2D eigenvalue weighted by Gasteiger charge is -2.36. The second kappa shape index (κ2) is 11.3. The number of benzene rings is 1. The average Bonchev–Trinajstić information content (AvgIpc) is 3.27. The first-order valence-corrected chi connectivity index (χ1v) is 12.5. The number of nitrogens with zero attached hydrogens (tertiary/aromatic N) is 4. The number of rotatable bonds is 9. The van der Waals surface area contributed by atoms with Crippen molar-refractivity contribution in [2.45, 2.75) is 65.1 Å². The van der Waals surface area contributed by atoms with E-state index >= 15 is 0 Å². The predicted octanol–water partition coefficient (Wildman–Crippen LogP) is 4.51. The molecular weight excluding hydrogens is 400 g/mol. The molecule has 1 unspecified atom stereocenters. The van der Waals surface area contributed by atoms with Crippen LogP contribution in [0, 0.1) is 0 Å². The molecule has 6 heteroatoms. The molecule has 0 N–H and O–H groups in total. The van der Waals surface area contributed by atoms with E-state index in [0.717, 1.165) is 49.7 Å². The van der Waals surface area contributed by atoms with E-state index in [1.165, 1.54) is 45.4 Å². The molecule has 2 aliphatic rings. The summed E-state index contributed by atoms with van der Waals surface area (Å²) in [7, 11) is 0. The van der Waals surface area contributed by atoms with E-state index in [4.69, 9.17) is 14.1 Å². The van der Waals surface area contributed by atoms with Crippen molar-refractivity contribution in [3.8, 4) is 17.2 Å². The molecule has 4 rings (SSSR count). The Labute approximate surface area is 193 Å². The third-order valence-electron chi connectivity index (χ3n) is 6.98. The molecule has 0 spiro atoms. The SMILES string of the molecule is CC(C)N1CCN(CCCOc2ccc(-c3nc(CN4CCCCC4C)co3)cc2)CC1. The molecule has 2 aliphatic heterocycles. The summed E-state index contributed by atoms with van der Waals surface area (Å²) < 4.78 is 11.7. The third-order valence-corrected chi connectivity index (χ3v) is 6.98. The summed E-state index contributed by atoms with van der Waals surface area (Å²) in [4.78, 5) is 12.3. The quantitative estimate of drug-likeness (QED) is 0.535. The smallest absolute Gasteiger partial charge is 0.226 e. The van der Waals surface area contributed by atoms with E-state index in [1.807, 2.05) is 30.5 Å². The van der Waals surface area contributed by atoms with E-state index in [2.05, 4.69) is 35.5 Å². The van der Waals surface area contributed by atoms with Crippen molar-refractivity contribution in [1.82, 2.24) is 19.7 Å². The van der Waals surface area contributed by atoms with Crippen molar-refractivity contribution in [1.29, 1.82) is 0 Å². The lowest BCUT2D eigenvalue weighted by Crippen LogP contribution is -2.49. The summed E-state index contributed by atoms with van der Waals surface area (Å²) in [5.41, 5.74) is 2.02. The maximum Gasteiger partial charge on any atom is 0.226 e. The second-order valence-electron chi connectivity index (χ2n) is 9.66. The van der Waals surface area contributed by atoms with Gasteiger partial charge in [-0.15, -0.1) is 0 Å². The Hall–Kier alpha value is -1.89.